The van der Waals surface area contributed by atoms with Gasteiger partial charge in [0, 0.05) is 20.5 Å². The fourth-order valence-electron chi connectivity index (χ4n) is 3.62. The maximum Gasteiger partial charge on any atom is 0.264 e. The zero-order valence-corrected chi connectivity index (χ0v) is 21.2. The Morgan fingerprint density at radius 3 is 2.29 bits per heavy atom. The molecule has 0 spiro atoms. The summed E-state index contributed by atoms with van der Waals surface area (Å²) in [6.45, 7) is 4.05. The summed E-state index contributed by atoms with van der Waals surface area (Å²) in [5, 5.41) is 9.96. The van der Waals surface area contributed by atoms with Crippen molar-refractivity contribution in [1.29, 1.82) is 0 Å². The van der Waals surface area contributed by atoms with E-state index in [9.17, 15) is 13.2 Å². The van der Waals surface area contributed by atoms with Crippen LogP contribution in [0.2, 0.25) is 10.0 Å². The molecule has 0 fully saturated rings. The van der Waals surface area contributed by atoms with E-state index in [2.05, 4.69) is 15.1 Å². The smallest absolute Gasteiger partial charge is 0.264 e. The minimum absolute atomic E-state index is 0.0102. The van der Waals surface area contributed by atoms with Crippen LogP contribution in [0.15, 0.2) is 40.0 Å². The van der Waals surface area contributed by atoms with Crippen LogP contribution in [0.5, 0.6) is 0 Å². The molecule has 0 bridgehead atoms. The predicted molar refractivity (Wildman–Crippen MR) is 134 cm³/mol. The van der Waals surface area contributed by atoms with Gasteiger partial charge in [-0.05, 0) is 42.7 Å². The molecule has 0 saturated heterocycles. The molecule has 0 aliphatic rings. The van der Waals surface area contributed by atoms with Crippen molar-refractivity contribution in [1.82, 2.24) is 19.7 Å². The number of aromatic amines is 1. The highest BCUT2D eigenvalue weighted by atomic mass is 35.5. The number of nitrogens with zero attached hydrogens (tertiary/aromatic N) is 4. The average Bonchev–Trinajstić information content (AvgIpc) is 3.10. The lowest BCUT2D eigenvalue weighted by molar-refractivity contribution is 0.598. The van der Waals surface area contributed by atoms with Gasteiger partial charge in [0.25, 0.3) is 5.56 Å². The van der Waals surface area contributed by atoms with Gasteiger partial charge in [0.1, 0.15) is 16.9 Å². The second kappa shape index (κ2) is 8.70. The molecule has 0 unspecified atom stereocenters. The Balaban J connectivity index is 1.96. The number of nitrogens with two attached hydrogens (primary N) is 1. The molecule has 0 radical (unpaired) electrons. The third-order valence-electron chi connectivity index (χ3n) is 5.47. The summed E-state index contributed by atoms with van der Waals surface area (Å²) in [6.07, 6.45) is 0.389. The number of anilines is 1. The number of hydrogen-bond donors (Lipinski definition) is 2. The lowest BCUT2D eigenvalue weighted by atomic mass is 10.0. The van der Waals surface area contributed by atoms with E-state index in [1.54, 1.807) is 19.0 Å². The van der Waals surface area contributed by atoms with E-state index in [4.69, 9.17) is 28.3 Å². The van der Waals surface area contributed by atoms with Crippen LogP contribution >= 0.6 is 23.2 Å². The van der Waals surface area contributed by atoms with Gasteiger partial charge in [-0.1, -0.05) is 41.4 Å². The zero-order chi connectivity index (χ0) is 24.9. The van der Waals surface area contributed by atoms with Gasteiger partial charge in [0.2, 0.25) is 10.0 Å². The molecule has 12 heteroatoms. The van der Waals surface area contributed by atoms with Crippen molar-refractivity contribution in [3.05, 3.63) is 73.2 Å². The summed E-state index contributed by atoms with van der Waals surface area (Å²) >= 11 is 12.8. The number of primary sulfonamides is 1. The average molecular weight is 521 g/mol. The molecule has 34 heavy (non-hydrogen) atoms. The van der Waals surface area contributed by atoms with Gasteiger partial charge in [-0.15, -0.1) is 5.10 Å². The second-order valence-electron chi connectivity index (χ2n) is 8.22. The van der Waals surface area contributed by atoms with E-state index in [1.807, 2.05) is 32.0 Å². The number of aromatic nitrogens is 4. The maximum atomic E-state index is 13.1. The molecule has 0 aliphatic carbocycles. The Labute approximate surface area is 206 Å². The molecule has 0 saturated carbocycles. The van der Waals surface area contributed by atoms with E-state index in [0.29, 0.717) is 18.1 Å². The molecule has 4 aromatic rings. The lowest BCUT2D eigenvalue weighted by Crippen LogP contribution is -2.16. The Kier molecular flexibility index (Phi) is 6.19. The van der Waals surface area contributed by atoms with Gasteiger partial charge in [0.05, 0.1) is 14.9 Å². The first-order valence-corrected chi connectivity index (χ1v) is 12.4. The molecule has 0 amide bonds. The molecule has 0 aliphatic heterocycles. The summed E-state index contributed by atoms with van der Waals surface area (Å²) in [6, 6.07) is 8.41. The normalized spacial score (nSPS) is 11.9. The number of halogens is 2. The molecule has 9 nitrogen and oxygen atoms in total. The fraction of sp³-hybridized carbons (Fsp3) is 0.227. The monoisotopic (exact) mass is 520 g/mol. The van der Waals surface area contributed by atoms with Crippen LogP contribution in [-0.4, -0.2) is 42.3 Å². The van der Waals surface area contributed by atoms with Crippen molar-refractivity contribution in [2.75, 3.05) is 19.0 Å². The maximum absolute atomic E-state index is 13.1. The number of aryl methyl sites for hydroxylation is 2. The van der Waals surface area contributed by atoms with Crippen LogP contribution in [0.25, 0.3) is 16.7 Å². The number of benzene rings is 2. The molecule has 3 N–H and O–H groups in total. The molecular weight excluding hydrogens is 499 g/mol. The van der Waals surface area contributed by atoms with Crippen molar-refractivity contribution in [2.24, 2.45) is 5.14 Å². The fourth-order valence-corrected chi connectivity index (χ4v) is 4.96. The van der Waals surface area contributed by atoms with Crippen LogP contribution in [-0.2, 0) is 16.4 Å². The summed E-state index contributed by atoms with van der Waals surface area (Å²) < 4.78 is 24.9. The first-order valence-electron chi connectivity index (χ1n) is 10.1. The molecule has 0 atom stereocenters. The number of fused-ring (bicyclic) bond motifs is 1. The Morgan fingerprint density at radius 1 is 1.09 bits per heavy atom. The van der Waals surface area contributed by atoms with E-state index in [-0.39, 0.29) is 37.2 Å². The van der Waals surface area contributed by atoms with E-state index in [1.165, 1.54) is 22.4 Å². The van der Waals surface area contributed by atoms with Crippen molar-refractivity contribution >= 4 is 50.1 Å². The standard InChI is InChI=1S/C22H22Cl2N6O3S/c1-11-5-6-13(7-12(11)2)8-17-26-20-18(22(31)27-17)21(29(3)4)28-30(20)19-15(23)9-14(10-16(19)24)34(25,32)33/h5-7,9-10H,8H2,1-4H3,(H2,25,32,33)(H,26,27,31). The number of H-pyrrole nitrogens is 1. The summed E-state index contributed by atoms with van der Waals surface area (Å²) in [7, 11) is -0.554. The first kappa shape index (κ1) is 24.2. The molecule has 2 heterocycles. The zero-order valence-electron chi connectivity index (χ0n) is 18.8. The van der Waals surface area contributed by atoms with Gasteiger partial charge in [-0.3, -0.25) is 4.79 Å². The molecule has 2 aromatic carbocycles. The highest BCUT2D eigenvalue weighted by Gasteiger charge is 2.24. The van der Waals surface area contributed by atoms with E-state index in [0.717, 1.165) is 11.1 Å². The summed E-state index contributed by atoms with van der Waals surface area (Å²) in [4.78, 5) is 22.0. The lowest BCUT2D eigenvalue weighted by Gasteiger charge is -2.11. The van der Waals surface area contributed by atoms with Crippen LogP contribution < -0.4 is 15.6 Å². The van der Waals surface area contributed by atoms with E-state index >= 15 is 0 Å². The number of rotatable bonds is 5. The van der Waals surface area contributed by atoms with Gasteiger partial charge >= 0.3 is 0 Å². The summed E-state index contributed by atoms with van der Waals surface area (Å²) in [5.74, 6) is 0.782. The Hall–Kier alpha value is -2.92. The number of hydrogen-bond acceptors (Lipinski definition) is 6. The topological polar surface area (TPSA) is 127 Å². The minimum Gasteiger partial charge on any atom is -0.361 e. The van der Waals surface area contributed by atoms with Gasteiger partial charge in [0.15, 0.2) is 11.5 Å². The van der Waals surface area contributed by atoms with Crippen molar-refractivity contribution in [2.45, 2.75) is 25.2 Å². The third kappa shape index (κ3) is 4.41. The number of sulfonamides is 1. The Morgan fingerprint density at radius 2 is 1.74 bits per heavy atom. The third-order valence-corrected chi connectivity index (χ3v) is 6.93. The van der Waals surface area contributed by atoms with Crippen LogP contribution in [0.1, 0.15) is 22.5 Å². The van der Waals surface area contributed by atoms with Crippen LogP contribution in [0.3, 0.4) is 0 Å². The number of nitrogens with one attached hydrogen (secondary N) is 1. The van der Waals surface area contributed by atoms with Gasteiger partial charge in [-0.2, -0.15) is 0 Å². The Bertz CT molecular complexity index is 1590. The largest absolute Gasteiger partial charge is 0.361 e. The molecule has 4 rings (SSSR count). The van der Waals surface area contributed by atoms with Crippen LogP contribution in [0, 0.1) is 13.8 Å². The second-order valence-corrected chi connectivity index (χ2v) is 10.6. The molecule has 2 aromatic heterocycles. The first-order chi connectivity index (χ1) is 15.9. The van der Waals surface area contributed by atoms with Crippen LogP contribution in [0.4, 0.5) is 5.82 Å². The quantitative estimate of drug-likeness (QED) is 0.415. The van der Waals surface area contributed by atoms with Gasteiger partial charge < -0.3 is 9.88 Å². The highest BCUT2D eigenvalue weighted by molar-refractivity contribution is 7.89. The predicted octanol–water partition coefficient (Wildman–Crippen LogP) is 3.34. The van der Waals surface area contributed by atoms with Crippen molar-refractivity contribution < 1.29 is 8.42 Å². The van der Waals surface area contributed by atoms with Gasteiger partial charge in [-0.25, -0.2) is 23.2 Å². The van der Waals surface area contributed by atoms with Crippen molar-refractivity contribution in [3.63, 3.8) is 0 Å². The minimum atomic E-state index is -4.03. The summed E-state index contributed by atoms with van der Waals surface area (Å²) in [5.41, 5.74) is 3.34. The van der Waals surface area contributed by atoms with Crippen molar-refractivity contribution in [3.8, 4) is 5.69 Å². The SMILES string of the molecule is Cc1ccc(Cc2nc3c(c(N(C)C)nn3-c3c(Cl)cc(S(N)(=O)=O)cc3Cl)c(=O)[nH]2)cc1C. The molecular formula is C22H22Cl2N6O3S. The molecule has 178 valence electrons. The highest BCUT2D eigenvalue weighted by Crippen LogP contribution is 2.34. The van der Waals surface area contributed by atoms with E-state index < -0.39 is 10.0 Å².